The summed E-state index contributed by atoms with van der Waals surface area (Å²) < 4.78 is 0. The standard InChI is InChI=1S/C14H22N4O/c1-3-5-12-11-13(16-15-12)14(19)18-9-7-17(6-4-2)8-10-18/h4,11H,2-3,5-10H2,1H3,(H,15,16). The van der Waals surface area contributed by atoms with Crippen molar-refractivity contribution in [2.24, 2.45) is 0 Å². The van der Waals surface area contributed by atoms with Crippen molar-refractivity contribution in [3.8, 4) is 0 Å². The van der Waals surface area contributed by atoms with E-state index in [9.17, 15) is 4.79 Å². The van der Waals surface area contributed by atoms with Gasteiger partial charge in [-0.25, -0.2) is 0 Å². The van der Waals surface area contributed by atoms with Gasteiger partial charge in [0.25, 0.3) is 5.91 Å². The molecule has 1 N–H and O–H groups in total. The highest BCUT2D eigenvalue weighted by molar-refractivity contribution is 5.92. The first-order valence-corrected chi connectivity index (χ1v) is 6.91. The lowest BCUT2D eigenvalue weighted by molar-refractivity contribution is 0.0644. The van der Waals surface area contributed by atoms with E-state index in [-0.39, 0.29) is 5.91 Å². The zero-order valence-electron chi connectivity index (χ0n) is 11.6. The lowest BCUT2D eigenvalue weighted by Gasteiger charge is -2.33. The fourth-order valence-corrected chi connectivity index (χ4v) is 2.35. The van der Waals surface area contributed by atoms with E-state index in [1.807, 2.05) is 17.0 Å². The number of hydrogen-bond acceptors (Lipinski definition) is 3. The second-order valence-corrected chi connectivity index (χ2v) is 4.91. The summed E-state index contributed by atoms with van der Waals surface area (Å²) in [5.74, 6) is 0.0388. The molecule has 0 atom stereocenters. The Kier molecular flexibility index (Phi) is 4.74. The van der Waals surface area contributed by atoms with E-state index in [0.29, 0.717) is 5.69 Å². The zero-order chi connectivity index (χ0) is 13.7. The number of aromatic amines is 1. The molecule has 2 heterocycles. The molecule has 5 heteroatoms. The molecule has 0 saturated carbocycles. The van der Waals surface area contributed by atoms with Crippen LogP contribution < -0.4 is 0 Å². The lowest BCUT2D eigenvalue weighted by atomic mass is 10.2. The first-order valence-electron chi connectivity index (χ1n) is 6.91. The highest BCUT2D eigenvalue weighted by atomic mass is 16.2. The topological polar surface area (TPSA) is 52.2 Å². The fourth-order valence-electron chi connectivity index (χ4n) is 2.35. The number of aromatic nitrogens is 2. The van der Waals surface area contributed by atoms with Crippen LogP contribution in [0.2, 0.25) is 0 Å². The van der Waals surface area contributed by atoms with Gasteiger partial charge in [0.1, 0.15) is 5.69 Å². The number of hydrogen-bond donors (Lipinski definition) is 1. The van der Waals surface area contributed by atoms with Crippen LogP contribution in [0.1, 0.15) is 29.5 Å². The summed E-state index contributed by atoms with van der Waals surface area (Å²) >= 11 is 0. The minimum Gasteiger partial charge on any atom is -0.335 e. The molecular weight excluding hydrogens is 240 g/mol. The van der Waals surface area contributed by atoms with Gasteiger partial charge in [-0.3, -0.25) is 14.8 Å². The molecule has 0 bridgehead atoms. The summed E-state index contributed by atoms with van der Waals surface area (Å²) in [4.78, 5) is 16.5. The first-order chi connectivity index (χ1) is 9.24. The number of carbonyl (C=O) groups excluding carboxylic acids is 1. The molecular formula is C14H22N4O. The second-order valence-electron chi connectivity index (χ2n) is 4.91. The third kappa shape index (κ3) is 3.44. The van der Waals surface area contributed by atoms with Crippen molar-refractivity contribution in [3.63, 3.8) is 0 Å². The molecule has 19 heavy (non-hydrogen) atoms. The molecule has 1 amide bonds. The second kappa shape index (κ2) is 6.52. The smallest absolute Gasteiger partial charge is 0.274 e. The third-order valence-electron chi connectivity index (χ3n) is 3.42. The van der Waals surface area contributed by atoms with E-state index in [4.69, 9.17) is 0 Å². The van der Waals surface area contributed by atoms with Crippen LogP contribution in [-0.4, -0.2) is 58.6 Å². The van der Waals surface area contributed by atoms with Crippen LogP contribution in [0.4, 0.5) is 0 Å². The zero-order valence-corrected chi connectivity index (χ0v) is 11.6. The van der Waals surface area contributed by atoms with Gasteiger partial charge in [0.05, 0.1) is 0 Å². The Bertz CT molecular complexity index is 432. The Balaban J connectivity index is 1.91. The van der Waals surface area contributed by atoms with Gasteiger partial charge in [0.2, 0.25) is 0 Å². The molecule has 1 saturated heterocycles. The Hall–Kier alpha value is -1.62. The van der Waals surface area contributed by atoms with Crippen LogP contribution in [0.3, 0.4) is 0 Å². The van der Waals surface area contributed by atoms with Crippen molar-refractivity contribution in [2.45, 2.75) is 19.8 Å². The summed E-state index contributed by atoms with van der Waals surface area (Å²) in [6.45, 7) is 10.1. The van der Waals surface area contributed by atoms with Gasteiger partial charge in [0, 0.05) is 38.4 Å². The molecule has 1 aliphatic rings. The van der Waals surface area contributed by atoms with E-state index in [1.54, 1.807) is 0 Å². The maximum absolute atomic E-state index is 12.3. The minimum absolute atomic E-state index is 0.0388. The van der Waals surface area contributed by atoms with Crippen molar-refractivity contribution in [2.75, 3.05) is 32.7 Å². The number of piperazine rings is 1. The van der Waals surface area contributed by atoms with Crippen molar-refractivity contribution in [3.05, 3.63) is 30.1 Å². The van der Waals surface area contributed by atoms with E-state index < -0.39 is 0 Å². The molecule has 0 radical (unpaired) electrons. The lowest BCUT2D eigenvalue weighted by Crippen LogP contribution is -2.48. The SMILES string of the molecule is C=CCN1CCN(C(=O)c2cc(CCC)[nH]n2)CC1. The third-order valence-corrected chi connectivity index (χ3v) is 3.42. The molecule has 1 fully saturated rings. The highest BCUT2D eigenvalue weighted by Gasteiger charge is 2.23. The number of nitrogens with zero attached hydrogens (tertiary/aromatic N) is 3. The van der Waals surface area contributed by atoms with Crippen molar-refractivity contribution in [1.82, 2.24) is 20.0 Å². The predicted molar refractivity (Wildman–Crippen MR) is 75.1 cm³/mol. The average molecular weight is 262 g/mol. The molecule has 5 nitrogen and oxygen atoms in total. The van der Waals surface area contributed by atoms with Crippen LogP contribution in [-0.2, 0) is 6.42 Å². The van der Waals surface area contributed by atoms with Crippen molar-refractivity contribution in [1.29, 1.82) is 0 Å². The van der Waals surface area contributed by atoms with Crippen LogP contribution in [0.15, 0.2) is 18.7 Å². The van der Waals surface area contributed by atoms with Gasteiger partial charge in [-0.2, -0.15) is 5.10 Å². The summed E-state index contributed by atoms with van der Waals surface area (Å²) in [7, 11) is 0. The number of aryl methyl sites for hydroxylation is 1. The van der Waals surface area contributed by atoms with Gasteiger partial charge in [-0.05, 0) is 12.5 Å². The van der Waals surface area contributed by atoms with Crippen molar-refractivity contribution < 1.29 is 4.79 Å². The maximum atomic E-state index is 12.3. The van der Waals surface area contributed by atoms with Gasteiger partial charge in [-0.1, -0.05) is 19.4 Å². The van der Waals surface area contributed by atoms with Gasteiger partial charge >= 0.3 is 0 Å². The molecule has 0 aliphatic carbocycles. The average Bonchev–Trinajstić information content (AvgIpc) is 2.88. The molecule has 104 valence electrons. The molecule has 0 unspecified atom stereocenters. The Morgan fingerprint density at radius 3 is 2.84 bits per heavy atom. The number of nitrogens with one attached hydrogen (secondary N) is 1. The number of carbonyl (C=O) groups is 1. The van der Waals surface area contributed by atoms with Gasteiger partial charge < -0.3 is 4.90 Å². The Labute approximate surface area is 114 Å². The Morgan fingerprint density at radius 1 is 1.47 bits per heavy atom. The summed E-state index contributed by atoms with van der Waals surface area (Å²) in [5.41, 5.74) is 1.58. The van der Waals surface area contributed by atoms with Crippen molar-refractivity contribution >= 4 is 5.91 Å². The number of H-pyrrole nitrogens is 1. The first kappa shape index (κ1) is 13.8. The summed E-state index contributed by atoms with van der Waals surface area (Å²) in [6, 6.07) is 1.88. The predicted octanol–water partition coefficient (Wildman–Crippen LogP) is 1.31. The summed E-state index contributed by atoms with van der Waals surface area (Å²) in [6.07, 6.45) is 3.89. The van der Waals surface area contributed by atoms with Crippen LogP contribution in [0, 0.1) is 0 Å². The molecule has 1 aromatic heterocycles. The quantitative estimate of drug-likeness (QED) is 0.814. The van der Waals surface area contributed by atoms with Gasteiger partial charge in [0.15, 0.2) is 0 Å². The van der Waals surface area contributed by atoms with Crippen LogP contribution in [0.25, 0.3) is 0 Å². The van der Waals surface area contributed by atoms with Crippen LogP contribution in [0.5, 0.6) is 0 Å². The number of amides is 1. The number of rotatable bonds is 5. The molecule has 2 rings (SSSR count). The molecule has 0 spiro atoms. The molecule has 1 aromatic rings. The van der Waals surface area contributed by atoms with E-state index in [2.05, 4.69) is 28.6 Å². The molecule has 1 aliphatic heterocycles. The highest BCUT2D eigenvalue weighted by Crippen LogP contribution is 2.09. The maximum Gasteiger partial charge on any atom is 0.274 e. The molecule has 0 aromatic carbocycles. The Morgan fingerprint density at radius 2 is 2.21 bits per heavy atom. The van der Waals surface area contributed by atoms with E-state index in [0.717, 1.165) is 51.3 Å². The largest absolute Gasteiger partial charge is 0.335 e. The van der Waals surface area contributed by atoms with Crippen LogP contribution >= 0.6 is 0 Å². The minimum atomic E-state index is 0.0388. The van der Waals surface area contributed by atoms with E-state index in [1.165, 1.54) is 0 Å². The fraction of sp³-hybridized carbons (Fsp3) is 0.571. The van der Waals surface area contributed by atoms with E-state index >= 15 is 0 Å². The van der Waals surface area contributed by atoms with Gasteiger partial charge in [-0.15, -0.1) is 6.58 Å². The summed E-state index contributed by atoms with van der Waals surface area (Å²) in [5, 5.41) is 7.05. The normalized spacial score (nSPS) is 16.6. The monoisotopic (exact) mass is 262 g/mol.